The Bertz CT molecular complexity index is 207. The maximum absolute atomic E-state index is 12.9. The van der Waals surface area contributed by atoms with Gasteiger partial charge in [-0.15, -0.1) is 0 Å². The van der Waals surface area contributed by atoms with Crippen LogP contribution < -0.4 is 5.32 Å². The molecule has 0 amide bonds. The van der Waals surface area contributed by atoms with Crippen LogP contribution in [0.2, 0.25) is 0 Å². The normalized spacial score (nSPS) is 28.1. The maximum Gasteiger partial charge on any atom is 0.248 e. The van der Waals surface area contributed by atoms with E-state index >= 15 is 0 Å². The summed E-state index contributed by atoms with van der Waals surface area (Å²) in [5.41, 5.74) is 0. The lowest BCUT2D eigenvalue weighted by molar-refractivity contribution is -0.0459. The molecule has 1 aliphatic carbocycles. The summed E-state index contributed by atoms with van der Waals surface area (Å²) >= 11 is 0. The third-order valence-electron chi connectivity index (χ3n) is 3.75. The van der Waals surface area contributed by atoms with E-state index in [9.17, 15) is 8.78 Å². The molecule has 0 unspecified atom stereocenters. The standard InChI is InChI=1S/C12H21F2NO/c13-12(14)5-1-10(2-6-12)9-15-11-3-7-16-8-4-11/h10-11,15H,1-9H2. The second-order valence-electron chi connectivity index (χ2n) is 5.09. The predicted molar refractivity (Wildman–Crippen MR) is 58.7 cm³/mol. The lowest BCUT2D eigenvalue weighted by atomic mass is 9.86. The van der Waals surface area contributed by atoms with Gasteiger partial charge in [0.1, 0.15) is 0 Å². The third-order valence-corrected chi connectivity index (χ3v) is 3.75. The Kier molecular flexibility index (Phi) is 4.14. The van der Waals surface area contributed by atoms with Crippen LogP contribution in [0.25, 0.3) is 0 Å². The minimum absolute atomic E-state index is 0.0765. The fourth-order valence-electron chi connectivity index (χ4n) is 2.54. The van der Waals surface area contributed by atoms with Crippen molar-refractivity contribution in [1.82, 2.24) is 5.32 Å². The lowest BCUT2D eigenvalue weighted by Gasteiger charge is -2.30. The molecule has 0 aromatic rings. The molecule has 4 heteroatoms. The first-order valence-electron chi connectivity index (χ1n) is 6.35. The second kappa shape index (κ2) is 5.41. The van der Waals surface area contributed by atoms with Crippen LogP contribution in [0.1, 0.15) is 38.5 Å². The summed E-state index contributed by atoms with van der Waals surface area (Å²) in [5, 5.41) is 3.49. The van der Waals surface area contributed by atoms with Gasteiger partial charge in [0.25, 0.3) is 0 Å². The summed E-state index contributed by atoms with van der Waals surface area (Å²) < 4.78 is 31.2. The number of alkyl halides is 2. The van der Waals surface area contributed by atoms with Crippen molar-refractivity contribution in [2.24, 2.45) is 5.92 Å². The molecule has 1 saturated heterocycles. The monoisotopic (exact) mass is 233 g/mol. The summed E-state index contributed by atoms with van der Waals surface area (Å²) in [4.78, 5) is 0. The molecule has 0 aromatic heterocycles. The highest BCUT2D eigenvalue weighted by Crippen LogP contribution is 2.35. The Balaban J connectivity index is 1.63. The first-order chi connectivity index (χ1) is 7.66. The summed E-state index contributed by atoms with van der Waals surface area (Å²) in [6.45, 7) is 2.57. The van der Waals surface area contributed by atoms with Crippen LogP contribution >= 0.6 is 0 Å². The molecule has 1 heterocycles. The number of hydrogen-bond acceptors (Lipinski definition) is 2. The van der Waals surface area contributed by atoms with E-state index in [4.69, 9.17) is 4.74 Å². The first-order valence-corrected chi connectivity index (χ1v) is 6.35. The molecule has 0 aromatic carbocycles. The van der Waals surface area contributed by atoms with Crippen molar-refractivity contribution in [2.75, 3.05) is 19.8 Å². The smallest absolute Gasteiger partial charge is 0.248 e. The Morgan fingerprint density at radius 2 is 1.69 bits per heavy atom. The number of nitrogens with one attached hydrogen (secondary N) is 1. The van der Waals surface area contributed by atoms with Gasteiger partial charge in [0, 0.05) is 32.1 Å². The Morgan fingerprint density at radius 3 is 2.31 bits per heavy atom. The van der Waals surface area contributed by atoms with E-state index in [-0.39, 0.29) is 12.8 Å². The lowest BCUT2D eigenvalue weighted by Crippen LogP contribution is -2.39. The molecule has 1 N–H and O–H groups in total. The van der Waals surface area contributed by atoms with Gasteiger partial charge in [-0.1, -0.05) is 0 Å². The van der Waals surface area contributed by atoms with E-state index in [0.717, 1.165) is 32.6 Å². The van der Waals surface area contributed by atoms with E-state index in [0.29, 0.717) is 24.8 Å². The van der Waals surface area contributed by atoms with Crippen molar-refractivity contribution in [3.05, 3.63) is 0 Å². The van der Waals surface area contributed by atoms with Crippen LogP contribution in [0.5, 0.6) is 0 Å². The highest BCUT2D eigenvalue weighted by molar-refractivity contribution is 4.80. The molecule has 2 rings (SSSR count). The highest BCUT2D eigenvalue weighted by atomic mass is 19.3. The zero-order chi connectivity index (χ0) is 11.4. The van der Waals surface area contributed by atoms with E-state index in [2.05, 4.69) is 5.32 Å². The van der Waals surface area contributed by atoms with Crippen molar-refractivity contribution >= 4 is 0 Å². The molecule has 0 radical (unpaired) electrons. The number of hydrogen-bond donors (Lipinski definition) is 1. The van der Waals surface area contributed by atoms with Gasteiger partial charge in [-0.2, -0.15) is 0 Å². The van der Waals surface area contributed by atoms with Gasteiger partial charge in [-0.05, 0) is 38.1 Å². The Morgan fingerprint density at radius 1 is 1.06 bits per heavy atom. The van der Waals surface area contributed by atoms with Gasteiger partial charge in [0.15, 0.2) is 0 Å². The average Bonchev–Trinajstić information content (AvgIpc) is 2.29. The molecule has 1 aliphatic heterocycles. The fourth-order valence-corrected chi connectivity index (χ4v) is 2.54. The van der Waals surface area contributed by atoms with E-state index in [1.807, 2.05) is 0 Å². The molecular weight excluding hydrogens is 212 g/mol. The molecule has 0 spiro atoms. The number of halogens is 2. The summed E-state index contributed by atoms with van der Waals surface area (Å²) in [6.07, 6.45) is 3.61. The quantitative estimate of drug-likeness (QED) is 0.809. The van der Waals surface area contributed by atoms with Crippen LogP contribution in [0.3, 0.4) is 0 Å². The number of rotatable bonds is 3. The third kappa shape index (κ3) is 3.67. The summed E-state index contributed by atoms with van der Waals surface area (Å²) in [6, 6.07) is 0.538. The van der Waals surface area contributed by atoms with Crippen molar-refractivity contribution in [3.63, 3.8) is 0 Å². The zero-order valence-electron chi connectivity index (χ0n) is 9.68. The zero-order valence-corrected chi connectivity index (χ0v) is 9.68. The van der Waals surface area contributed by atoms with Crippen LogP contribution in [0.15, 0.2) is 0 Å². The molecule has 2 nitrogen and oxygen atoms in total. The molecule has 0 bridgehead atoms. The SMILES string of the molecule is FC1(F)CCC(CNC2CCOCC2)CC1. The van der Waals surface area contributed by atoms with Crippen LogP contribution in [0, 0.1) is 5.92 Å². The van der Waals surface area contributed by atoms with Crippen LogP contribution in [-0.2, 0) is 4.74 Å². The second-order valence-corrected chi connectivity index (χ2v) is 5.09. The molecule has 0 atom stereocenters. The molecule has 94 valence electrons. The molecule has 16 heavy (non-hydrogen) atoms. The van der Waals surface area contributed by atoms with Crippen LogP contribution in [0.4, 0.5) is 8.78 Å². The van der Waals surface area contributed by atoms with Gasteiger partial charge in [-0.3, -0.25) is 0 Å². The van der Waals surface area contributed by atoms with Gasteiger partial charge >= 0.3 is 0 Å². The molecule has 2 fully saturated rings. The fraction of sp³-hybridized carbons (Fsp3) is 1.00. The predicted octanol–water partition coefficient (Wildman–Crippen LogP) is 2.58. The van der Waals surface area contributed by atoms with Gasteiger partial charge in [0.05, 0.1) is 0 Å². The summed E-state index contributed by atoms with van der Waals surface area (Å²) in [5.74, 6) is -1.95. The van der Waals surface area contributed by atoms with Crippen molar-refractivity contribution in [1.29, 1.82) is 0 Å². The van der Waals surface area contributed by atoms with Crippen molar-refractivity contribution in [2.45, 2.75) is 50.5 Å². The highest BCUT2D eigenvalue weighted by Gasteiger charge is 2.34. The van der Waals surface area contributed by atoms with Gasteiger partial charge in [0.2, 0.25) is 5.92 Å². The Labute approximate surface area is 95.7 Å². The molecular formula is C12H21F2NO. The van der Waals surface area contributed by atoms with Crippen molar-refractivity contribution in [3.8, 4) is 0 Å². The van der Waals surface area contributed by atoms with E-state index in [1.165, 1.54) is 0 Å². The first kappa shape index (κ1) is 12.2. The molecule has 2 aliphatic rings. The Hall–Kier alpha value is -0.220. The summed E-state index contributed by atoms with van der Waals surface area (Å²) in [7, 11) is 0. The number of ether oxygens (including phenoxy) is 1. The molecule has 1 saturated carbocycles. The van der Waals surface area contributed by atoms with Gasteiger partial charge in [-0.25, -0.2) is 8.78 Å². The minimum atomic E-state index is -2.39. The topological polar surface area (TPSA) is 21.3 Å². The van der Waals surface area contributed by atoms with E-state index in [1.54, 1.807) is 0 Å². The largest absolute Gasteiger partial charge is 0.381 e. The van der Waals surface area contributed by atoms with E-state index < -0.39 is 5.92 Å². The van der Waals surface area contributed by atoms with Gasteiger partial charge < -0.3 is 10.1 Å². The minimum Gasteiger partial charge on any atom is -0.381 e. The van der Waals surface area contributed by atoms with Crippen LogP contribution in [-0.4, -0.2) is 31.7 Å². The average molecular weight is 233 g/mol. The maximum atomic E-state index is 12.9. The van der Waals surface area contributed by atoms with Crippen molar-refractivity contribution < 1.29 is 13.5 Å².